The molecule has 5 nitrogen and oxygen atoms in total. The summed E-state index contributed by atoms with van der Waals surface area (Å²) in [6, 6.07) is 13.0. The minimum atomic E-state index is -0.239. The number of benzene rings is 2. The molecule has 2 aromatic rings. The Morgan fingerprint density at radius 3 is 2.39 bits per heavy atom. The number of hydrogen-bond donors (Lipinski definition) is 2. The van der Waals surface area contributed by atoms with E-state index < -0.39 is 0 Å². The summed E-state index contributed by atoms with van der Waals surface area (Å²) < 4.78 is 10.7. The number of aryl methyl sites for hydroxylation is 2. The fourth-order valence-corrected chi connectivity index (χ4v) is 2.19. The van der Waals surface area contributed by atoms with E-state index in [1.54, 1.807) is 13.2 Å². The van der Waals surface area contributed by atoms with Crippen molar-refractivity contribution in [2.24, 2.45) is 0 Å². The molecular formula is C18H22N2O3. The molecule has 0 radical (unpaired) electrons. The van der Waals surface area contributed by atoms with Crippen molar-refractivity contribution < 1.29 is 14.3 Å². The summed E-state index contributed by atoms with van der Waals surface area (Å²) in [7, 11) is 1.61. The molecule has 0 aliphatic carbocycles. The highest BCUT2D eigenvalue weighted by molar-refractivity contribution is 5.90. The molecule has 2 aromatic carbocycles. The van der Waals surface area contributed by atoms with E-state index in [4.69, 9.17) is 9.47 Å². The zero-order valence-corrected chi connectivity index (χ0v) is 13.7. The number of rotatable bonds is 6. The third kappa shape index (κ3) is 4.92. The molecule has 2 rings (SSSR count). The molecule has 0 spiro atoms. The summed E-state index contributed by atoms with van der Waals surface area (Å²) in [6.07, 6.45) is 0. The first-order valence-corrected chi connectivity index (χ1v) is 7.48. The number of methoxy groups -OCH3 is 1. The minimum Gasteiger partial charge on any atom is -0.497 e. The maximum atomic E-state index is 11.9. The Balaban J connectivity index is 1.76. The number of carbonyl (C=O) groups is 1. The van der Waals surface area contributed by atoms with Crippen molar-refractivity contribution in [2.75, 3.05) is 25.6 Å². The second kappa shape index (κ2) is 8.08. The smallest absolute Gasteiger partial charge is 0.319 e. The number of carbonyl (C=O) groups excluding carboxylic acids is 1. The largest absolute Gasteiger partial charge is 0.497 e. The van der Waals surface area contributed by atoms with Gasteiger partial charge < -0.3 is 20.1 Å². The van der Waals surface area contributed by atoms with Crippen LogP contribution in [0, 0.1) is 13.8 Å². The number of nitrogens with one attached hydrogen (secondary N) is 2. The van der Waals surface area contributed by atoms with Crippen LogP contribution in [0.25, 0.3) is 0 Å². The molecule has 0 aliphatic heterocycles. The fourth-order valence-electron chi connectivity index (χ4n) is 2.19. The highest BCUT2D eigenvalue weighted by Crippen LogP contribution is 2.19. The SMILES string of the molecule is COc1cccc(OCCNC(=O)Nc2c(C)cccc2C)c1. The second-order valence-corrected chi connectivity index (χ2v) is 5.18. The molecule has 5 heteroatoms. The third-order valence-corrected chi connectivity index (χ3v) is 3.42. The summed E-state index contributed by atoms with van der Waals surface area (Å²) in [6.45, 7) is 4.73. The molecule has 0 bridgehead atoms. The van der Waals surface area contributed by atoms with E-state index in [0.717, 1.165) is 22.6 Å². The first-order valence-electron chi connectivity index (χ1n) is 7.48. The van der Waals surface area contributed by atoms with Gasteiger partial charge in [-0.25, -0.2) is 4.79 Å². The van der Waals surface area contributed by atoms with E-state index in [1.807, 2.05) is 50.2 Å². The summed E-state index contributed by atoms with van der Waals surface area (Å²) >= 11 is 0. The lowest BCUT2D eigenvalue weighted by molar-refractivity contribution is 0.247. The Kier molecular flexibility index (Phi) is 5.86. The molecule has 0 fully saturated rings. The van der Waals surface area contributed by atoms with Gasteiger partial charge in [-0.3, -0.25) is 0 Å². The van der Waals surface area contributed by atoms with E-state index in [9.17, 15) is 4.79 Å². The van der Waals surface area contributed by atoms with Gasteiger partial charge in [-0.1, -0.05) is 24.3 Å². The van der Waals surface area contributed by atoms with Crippen LogP contribution in [0.5, 0.6) is 11.5 Å². The molecule has 23 heavy (non-hydrogen) atoms. The van der Waals surface area contributed by atoms with Gasteiger partial charge in [0.1, 0.15) is 18.1 Å². The number of hydrogen-bond acceptors (Lipinski definition) is 3. The lowest BCUT2D eigenvalue weighted by atomic mass is 10.1. The lowest BCUT2D eigenvalue weighted by Gasteiger charge is -2.13. The van der Waals surface area contributed by atoms with Gasteiger partial charge in [0.2, 0.25) is 0 Å². The maximum absolute atomic E-state index is 11.9. The Morgan fingerprint density at radius 2 is 1.70 bits per heavy atom. The van der Waals surface area contributed by atoms with E-state index in [1.165, 1.54) is 0 Å². The van der Waals surface area contributed by atoms with Crippen LogP contribution in [-0.4, -0.2) is 26.3 Å². The zero-order valence-electron chi connectivity index (χ0n) is 13.7. The standard InChI is InChI=1S/C18H22N2O3/c1-13-6-4-7-14(2)17(13)20-18(21)19-10-11-23-16-9-5-8-15(12-16)22-3/h4-9,12H,10-11H2,1-3H3,(H2,19,20,21). The van der Waals surface area contributed by atoms with Crippen molar-refractivity contribution in [3.05, 3.63) is 53.6 Å². The first-order chi connectivity index (χ1) is 11.1. The Hall–Kier alpha value is -2.69. The van der Waals surface area contributed by atoms with E-state index >= 15 is 0 Å². The van der Waals surface area contributed by atoms with Crippen molar-refractivity contribution in [1.82, 2.24) is 5.32 Å². The van der Waals surface area contributed by atoms with Gasteiger partial charge in [0.25, 0.3) is 0 Å². The molecule has 0 atom stereocenters. The molecule has 0 unspecified atom stereocenters. The predicted octanol–water partition coefficient (Wildman–Crippen LogP) is 3.51. The monoisotopic (exact) mass is 314 g/mol. The van der Waals surface area contributed by atoms with Crippen LogP contribution in [-0.2, 0) is 0 Å². The summed E-state index contributed by atoms with van der Waals surface area (Å²) in [4.78, 5) is 11.9. The zero-order chi connectivity index (χ0) is 16.7. The van der Waals surface area contributed by atoms with Gasteiger partial charge in [0.15, 0.2) is 0 Å². The van der Waals surface area contributed by atoms with Crippen LogP contribution in [0.2, 0.25) is 0 Å². The molecule has 0 saturated heterocycles. The minimum absolute atomic E-state index is 0.239. The van der Waals surface area contributed by atoms with Crippen LogP contribution in [0.3, 0.4) is 0 Å². The lowest BCUT2D eigenvalue weighted by Crippen LogP contribution is -2.32. The molecule has 0 aliphatic rings. The molecule has 0 saturated carbocycles. The number of anilines is 1. The number of urea groups is 1. The van der Waals surface area contributed by atoms with Crippen LogP contribution < -0.4 is 20.1 Å². The molecule has 0 heterocycles. The Morgan fingerprint density at radius 1 is 1.04 bits per heavy atom. The highest BCUT2D eigenvalue weighted by Gasteiger charge is 2.06. The van der Waals surface area contributed by atoms with E-state index in [-0.39, 0.29) is 6.03 Å². The van der Waals surface area contributed by atoms with Gasteiger partial charge in [0.05, 0.1) is 13.7 Å². The topological polar surface area (TPSA) is 59.6 Å². The summed E-state index contributed by atoms with van der Waals surface area (Å²) in [5.74, 6) is 1.45. The number of amides is 2. The van der Waals surface area contributed by atoms with Gasteiger partial charge in [0, 0.05) is 11.8 Å². The quantitative estimate of drug-likeness (QED) is 0.802. The molecule has 122 valence electrons. The normalized spacial score (nSPS) is 10.0. The Bertz CT molecular complexity index is 651. The van der Waals surface area contributed by atoms with Crippen molar-refractivity contribution >= 4 is 11.7 Å². The van der Waals surface area contributed by atoms with Gasteiger partial charge in [-0.05, 0) is 37.1 Å². The fraction of sp³-hybridized carbons (Fsp3) is 0.278. The number of para-hydroxylation sites is 1. The van der Waals surface area contributed by atoms with E-state index in [0.29, 0.717) is 18.9 Å². The summed E-state index contributed by atoms with van der Waals surface area (Å²) in [5.41, 5.74) is 2.92. The van der Waals surface area contributed by atoms with E-state index in [2.05, 4.69) is 10.6 Å². The molecule has 0 aromatic heterocycles. The number of ether oxygens (including phenoxy) is 2. The van der Waals surface area contributed by atoms with Crippen molar-refractivity contribution in [1.29, 1.82) is 0 Å². The van der Waals surface area contributed by atoms with Crippen LogP contribution in [0.1, 0.15) is 11.1 Å². The molecular weight excluding hydrogens is 292 g/mol. The van der Waals surface area contributed by atoms with Gasteiger partial charge in [-0.15, -0.1) is 0 Å². The second-order valence-electron chi connectivity index (χ2n) is 5.18. The van der Waals surface area contributed by atoms with Gasteiger partial charge in [-0.2, -0.15) is 0 Å². The first kappa shape index (κ1) is 16.7. The van der Waals surface area contributed by atoms with Crippen molar-refractivity contribution in [3.8, 4) is 11.5 Å². The molecule has 2 N–H and O–H groups in total. The van der Waals surface area contributed by atoms with Crippen LogP contribution in [0.15, 0.2) is 42.5 Å². The van der Waals surface area contributed by atoms with Crippen LogP contribution >= 0.6 is 0 Å². The summed E-state index contributed by atoms with van der Waals surface area (Å²) in [5, 5.41) is 5.65. The average Bonchev–Trinajstić information content (AvgIpc) is 2.55. The predicted molar refractivity (Wildman–Crippen MR) is 91.4 cm³/mol. The highest BCUT2D eigenvalue weighted by atomic mass is 16.5. The Labute approximate surface area is 136 Å². The molecule has 2 amide bonds. The van der Waals surface area contributed by atoms with Crippen molar-refractivity contribution in [2.45, 2.75) is 13.8 Å². The third-order valence-electron chi connectivity index (χ3n) is 3.42. The van der Waals surface area contributed by atoms with Crippen LogP contribution in [0.4, 0.5) is 10.5 Å². The average molecular weight is 314 g/mol. The van der Waals surface area contributed by atoms with Gasteiger partial charge >= 0.3 is 6.03 Å². The van der Waals surface area contributed by atoms with Crippen molar-refractivity contribution in [3.63, 3.8) is 0 Å². The maximum Gasteiger partial charge on any atom is 0.319 e.